The molecule has 6 heteroatoms. The zero-order valence-corrected chi connectivity index (χ0v) is 9.24. The maximum Gasteiger partial charge on any atom is 0.296 e. The standard InChI is InChI=1S/C10H9NO4S/c1-15-16(13,14)9-4-7-2-3-11-10(7)8(5-9)6-12/h2-6,11H,1H3. The Hall–Kier alpha value is -1.66. The number of carbonyl (C=O) groups excluding carboxylic acids is 1. The molecule has 1 N–H and O–H groups in total. The number of carbonyl (C=O) groups is 1. The molecular weight excluding hydrogens is 230 g/mol. The van der Waals surface area contributed by atoms with Crippen molar-refractivity contribution in [3.05, 3.63) is 30.0 Å². The summed E-state index contributed by atoms with van der Waals surface area (Å²) in [6.45, 7) is 0. The van der Waals surface area contributed by atoms with Gasteiger partial charge in [-0.3, -0.25) is 8.98 Å². The second-order valence-corrected chi connectivity index (χ2v) is 4.91. The molecule has 1 aromatic carbocycles. The second-order valence-electron chi connectivity index (χ2n) is 3.19. The molecule has 2 aromatic rings. The van der Waals surface area contributed by atoms with Crippen LogP contribution in [0.2, 0.25) is 0 Å². The third-order valence-corrected chi connectivity index (χ3v) is 3.55. The molecule has 0 unspecified atom stereocenters. The Balaban J connectivity index is 2.79. The summed E-state index contributed by atoms with van der Waals surface area (Å²) in [4.78, 5) is 13.7. The van der Waals surface area contributed by atoms with Crippen molar-refractivity contribution in [2.75, 3.05) is 7.11 Å². The van der Waals surface area contributed by atoms with Crippen LogP contribution in [0.15, 0.2) is 29.3 Å². The third-order valence-electron chi connectivity index (χ3n) is 2.30. The molecule has 0 aliphatic rings. The van der Waals surface area contributed by atoms with E-state index < -0.39 is 10.1 Å². The lowest BCUT2D eigenvalue weighted by atomic mass is 10.2. The summed E-state index contributed by atoms with van der Waals surface area (Å²) in [6.07, 6.45) is 2.24. The average Bonchev–Trinajstić information content (AvgIpc) is 2.75. The van der Waals surface area contributed by atoms with E-state index in [2.05, 4.69) is 9.17 Å². The summed E-state index contributed by atoms with van der Waals surface area (Å²) in [5.41, 5.74) is 0.906. The monoisotopic (exact) mass is 239 g/mol. The van der Waals surface area contributed by atoms with Crippen LogP contribution in [0.25, 0.3) is 10.9 Å². The van der Waals surface area contributed by atoms with Gasteiger partial charge in [0.25, 0.3) is 10.1 Å². The topological polar surface area (TPSA) is 76.2 Å². The van der Waals surface area contributed by atoms with Crippen LogP contribution < -0.4 is 0 Å². The number of nitrogens with one attached hydrogen (secondary N) is 1. The maximum absolute atomic E-state index is 11.5. The number of fused-ring (bicyclic) bond motifs is 1. The first-order valence-electron chi connectivity index (χ1n) is 4.45. The molecule has 0 amide bonds. The molecule has 0 aliphatic carbocycles. The van der Waals surface area contributed by atoms with Crippen molar-refractivity contribution in [3.8, 4) is 0 Å². The number of H-pyrrole nitrogens is 1. The van der Waals surface area contributed by atoms with Crippen LogP contribution in [0.3, 0.4) is 0 Å². The van der Waals surface area contributed by atoms with Gasteiger partial charge >= 0.3 is 0 Å². The van der Waals surface area contributed by atoms with E-state index >= 15 is 0 Å². The van der Waals surface area contributed by atoms with Crippen LogP contribution >= 0.6 is 0 Å². The Morgan fingerprint density at radius 1 is 1.38 bits per heavy atom. The molecule has 1 heterocycles. The Kier molecular flexibility index (Phi) is 2.53. The largest absolute Gasteiger partial charge is 0.361 e. The minimum Gasteiger partial charge on any atom is -0.361 e. The fraction of sp³-hybridized carbons (Fsp3) is 0.100. The molecule has 5 nitrogen and oxygen atoms in total. The molecule has 2 rings (SSSR count). The van der Waals surface area contributed by atoms with Gasteiger partial charge in [0.15, 0.2) is 6.29 Å². The molecule has 84 valence electrons. The van der Waals surface area contributed by atoms with Gasteiger partial charge in [0.1, 0.15) is 0 Å². The van der Waals surface area contributed by atoms with Crippen molar-refractivity contribution < 1.29 is 17.4 Å². The summed E-state index contributed by atoms with van der Waals surface area (Å²) < 4.78 is 27.4. The van der Waals surface area contributed by atoms with Gasteiger partial charge in [-0.15, -0.1) is 0 Å². The number of hydrogen-bond donors (Lipinski definition) is 1. The Morgan fingerprint density at radius 3 is 2.75 bits per heavy atom. The first kappa shape index (κ1) is 10.8. The number of rotatable bonds is 3. The van der Waals surface area contributed by atoms with Gasteiger partial charge in [-0.1, -0.05) is 0 Å². The van der Waals surface area contributed by atoms with Crippen LogP contribution in [-0.4, -0.2) is 26.8 Å². The molecule has 0 atom stereocenters. The average molecular weight is 239 g/mol. The van der Waals surface area contributed by atoms with Crippen molar-refractivity contribution in [2.45, 2.75) is 4.90 Å². The molecule has 0 fully saturated rings. The van der Waals surface area contributed by atoms with E-state index in [1.807, 2.05) is 0 Å². The lowest BCUT2D eigenvalue weighted by Crippen LogP contribution is -2.03. The van der Waals surface area contributed by atoms with Crippen molar-refractivity contribution in [1.82, 2.24) is 4.98 Å². The maximum atomic E-state index is 11.5. The van der Waals surface area contributed by atoms with Gasteiger partial charge in [-0.2, -0.15) is 8.42 Å². The number of aromatic amines is 1. The quantitative estimate of drug-likeness (QED) is 0.647. The Labute approximate surface area is 92.2 Å². The fourth-order valence-corrected chi connectivity index (χ4v) is 2.24. The number of benzene rings is 1. The highest BCUT2D eigenvalue weighted by atomic mass is 32.2. The summed E-state index contributed by atoms with van der Waals surface area (Å²) in [5.74, 6) is 0. The van der Waals surface area contributed by atoms with E-state index in [0.29, 0.717) is 17.2 Å². The van der Waals surface area contributed by atoms with Gasteiger partial charge in [-0.05, 0) is 18.2 Å². The van der Waals surface area contributed by atoms with Crippen LogP contribution in [-0.2, 0) is 14.3 Å². The van der Waals surface area contributed by atoms with Crippen molar-refractivity contribution in [3.63, 3.8) is 0 Å². The molecule has 0 aliphatic heterocycles. The number of aldehydes is 1. The van der Waals surface area contributed by atoms with E-state index in [1.54, 1.807) is 12.3 Å². The minimum absolute atomic E-state index is 0.0239. The first-order valence-corrected chi connectivity index (χ1v) is 5.86. The van der Waals surface area contributed by atoms with E-state index in [4.69, 9.17) is 0 Å². The highest BCUT2D eigenvalue weighted by molar-refractivity contribution is 7.86. The zero-order chi connectivity index (χ0) is 11.8. The summed E-state index contributed by atoms with van der Waals surface area (Å²) >= 11 is 0. The van der Waals surface area contributed by atoms with Gasteiger partial charge in [-0.25, -0.2) is 0 Å². The Morgan fingerprint density at radius 2 is 2.12 bits per heavy atom. The molecule has 0 spiro atoms. The van der Waals surface area contributed by atoms with Crippen LogP contribution in [0, 0.1) is 0 Å². The summed E-state index contributed by atoms with van der Waals surface area (Å²) in [6, 6.07) is 4.43. The molecule has 0 radical (unpaired) electrons. The lowest BCUT2D eigenvalue weighted by Gasteiger charge is -2.03. The molecule has 16 heavy (non-hydrogen) atoms. The molecular formula is C10H9NO4S. The van der Waals surface area contributed by atoms with E-state index in [9.17, 15) is 13.2 Å². The van der Waals surface area contributed by atoms with Crippen LogP contribution in [0.4, 0.5) is 0 Å². The molecule has 0 bridgehead atoms. The van der Waals surface area contributed by atoms with Gasteiger partial charge < -0.3 is 4.98 Å². The third kappa shape index (κ3) is 1.62. The second kappa shape index (κ2) is 3.73. The van der Waals surface area contributed by atoms with Crippen LogP contribution in [0.1, 0.15) is 10.4 Å². The number of hydrogen-bond acceptors (Lipinski definition) is 4. The smallest absolute Gasteiger partial charge is 0.296 e. The van der Waals surface area contributed by atoms with E-state index in [-0.39, 0.29) is 10.5 Å². The van der Waals surface area contributed by atoms with Crippen LogP contribution in [0.5, 0.6) is 0 Å². The predicted molar refractivity (Wildman–Crippen MR) is 57.9 cm³/mol. The molecule has 0 saturated heterocycles. The highest BCUT2D eigenvalue weighted by Gasteiger charge is 2.16. The first-order chi connectivity index (χ1) is 7.58. The highest BCUT2D eigenvalue weighted by Crippen LogP contribution is 2.22. The van der Waals surface area contributed by atoms with E-state index in [0.717, 1.165) is 7.11 Å². The lowest BCUT2D eigenvalue weighted by molar-refractivity contribution is 0.112. The normalized spacial score (nSPS) is 11.8. The SMILES string of the molecule is COS(=O)(=O)c1cc(C=O)c2[nH]ccc2c1. The predicted octanol–water partition coefficient (Wildman–Crippen LogP) is 1.32. The molecule has 0 saturated carbocycles. The van der Waals surface area contributed by atoms with Gasteiger partial charge in [0, 0.05) is 17.1 Å². The minimum atomic E-state index is -3.77. The van der Waals surface area contributed by atoms with Crippen molar-refractivity contribution >= 4 is 27.3 Å². The fourth-order valence-electron chi connectivity index (χ4n) is 1.51. The molecule has 1 aromatic heterocycles. The van der Waals surface area contributed by atoms with Crippen molar-refractivity contribution in [1.29, 1.82) is 0 Å². The zero-order valence-electron chi connectivity index (χ0n) is 8.43. The Bertz CT molecular complexity index is 642. The van der Waals surface area contributed by atoms with E-state index in [1.165, 1.54) is 12.1 Å². The van der Waals surface area contributed by atoms with Gasteiger partial charge in [0.05, 0.1) is 17.5 Å². The summed E-state index contributed by atoms with van der Waals surface area (Å²) in [7, 11) is -2.69. The van der Waals surface area contributed by atoms with Crippen molar-refractivity contribution in [2.24, 2.45) is 0 Å². The van der Waals surface area contributed by atoms with Gasteiger partial charge in [0.2, 0.25) is 0 Å². The number of aromatic nitrogens is 1. The summed E-state index contributed by atoms with van der Waals surface area (Å²) in [5, 5.41) is 0.653.